The molecule has 0 amide bonds. The number of aryl methyl sites for hydroxylation is 1. The molecule has 5 nitrogen and oxygen atoms in total. The molecule has 0 aliphatic heterocycles. The van der Waals surface area contributed by atoms with Crippen LogP contribution in [0.25, 0.3) is 0 Å². The van der Waals surface area contributed by atoms with E-state index in [4.69, 9.17) is 15.0 Å². The van der Waals surface area contributed by atoms with Crippen LogP contribution < -0.4 is 10.5 Å². The van der Waals surface area contributed by atoms with Gasteiger partial charge in [0.1, 0.15) is 11.6 Å². The first-order valence-electron chi connectivity index (χ1n) is 6.09. The molecule has 0 radical (unpaired) electrons. The smallest absolute Gasteiger partial charge is 0.264 e. The van der Waals surface area contributed by atoms with E-state index in [2.05, 4.69) is 10.1 Å². The lowest BCUT2D eigenvalue weighted by molar-refractivity contribution is 0.239. The number of nitrogens with zero attached hydrogens (tertiary/aromatic N) is 2. The summed E-state index contributed by atoms with van der Waals surface area (Å²) in [6.07, 6.45) is 0.689. The second kappa shape index (κ2) is 5.79. The molecule has 0 saturated heterocycles. The fraction of sp³-hybridized carbons (Fsp3) is 0.385. The largest absolute Gasteiger partial charge is 0.483 e. The van der Waals surface area contributed by atoms with Gasteiger partial charge in [0.05, 0.1) is 0 Å². The zero-order valence-corrected chi connectivity index (χ0v) is 10.9. The summed E-state index contributed by atoms with van der Waals surface area (Å²) in [5.74, 6) is 0.993. The molecular formula is C13H16FN3O2. The van der Waals surface area contributed by atoms with Gasteiger partial charge in [-0.2, -0.15) is 4.98 Å². The predicted octanol–water partition coefficient (Wildman–Crippen LogP) is 2.37. The Morgan fingerprint density at radius 2 is 2.26 bits per heavy atom. The highest BCUT2D eigenvalue weighted by Crippen LogP contribution is 2.25. The minimum Gasteiger partial charge on any atom is -0.483 e. The quantitative estimate of drug-likeness (QED) is 0.898. The van der Waals surface area contributed by atoms with Gasteiger partial charge in [0.15, 0.2) is 12.4 Å². The summed E-state index contributed by atoms with van der Waals surface area (Å²) >= 11 is 0. The second-order valence-corrected chi connectivity index (χ2v) is 4.22. The van der Waals surface area contributed by atoms with Gasteiger partial charge in [-0.1, -0.05) is 18.1 Å². The van der Waals surface area contributed by atoms with Crippen LogP contribution in [0.1, 0.15) is 37.2 Å². The molecule has 102 valence electrons. The molecule has 2 aromatic rings. The first kappa shape index (κ1) is 13.5. The molecule has 0 spiro atoms. The van der Waals surface area contributed by atoms with Crippen molar-refractivity contribution in [2.45, 2.75) is 32.9 Å². The topological polar surface area (TPSA) is 74.2 Å². The fourth-order valence-corrected chi connectivity index (χ4v) is 1.64. The maximum absolute atomic E-state index is 13.2. The molecule has 1 aromatic carbocycles. The van der Waals surface area contributed by atoms with Crippen LogP contribution in [0.4, 0.5) is 4.39 Å². The first-order chi connectivity index (χ1) is 9.10. The number of rotatable bonds is 5. The van der Waals surface area contributed by atoms with Crippen molar-refractivity contribution in [2.24, 2.45) is 5.73 Å². The molecule has 2 rings (SSSR count). The summed E-state index contributed by atoms with van der Waals surface area (Å²) < 4.78 is 23.7. The predicted molar refractivity (Wildman–Crippen MR) is 67.0 cm³/mol. The van der Waals surface area contributed by atoms with Crippen molar-refractivity contribution in [1.82, 2.24) is 10.1 Å². The lowest BCUT2D eigenvalue weighted by Crippen LogP contribution is -2.08. The zero-order chi connectivity index (χ0) is 13.8. The molecule has 2 N–H and O–H groups in total. The van der Waals surface area contributed by atoms with Gasteiger partial charge in [0.2, 0.25) is 0 Å². The standard InChI is InChI=1S/C13H16FN3O2/c1-3-12-16-13(19-17-12)7-18-11-6-9(14)4-5-10(11)8(2)15/h4-6,8H,3,7,15H2,1-2H3/t8-/m1/s1. The van der Waals surface area contributed by atoms with E-state index in [9.17, 15) is 4.39 Å². The van der Waals surface area contributed by atoms with Crippen LogP contribution >= 0.6 is 0 Å². The Morgan fingerprint density at radius 1 is 1.47 bits per heavy atom. The molecule has 0 fully saturated rings. The van der Waals surface area contributed by atoms with Gasteiger partial charge >= 0.3 is 0 Å². The monoisotopic (exact) mass is 265 g/mol. The van der Waals surface area contributed by atoms with Crippen LogP contribution in [-0.4, -0.2) is 10.1 Å². The summed E-state index contributed by atoms with van der Waals surface area (Å²) in [7, 11) is 0. The number of nitrogens with two attached hydrogens (primary N) is 1. The molecule has 1 heterocycles. The van der Waals surface area contributed by atoms with Crippen molar-refractivity contribution in [3.8, 4) is 5.75 Å². The highest BCUT2D eigenvalue weighted by atomic mass is 19.1. The molecule has 6 heteroatoms. The Morgan fingerprint density at radius 3 is 2.89 bits per heavy atom. The van der Waals surface area contributed by atoms with Gasteiger partial charge in [-0.3, -0.25) is 0 Å². The number of hydrogen-bond acceptors (Lipinski definition) is 5. The summed E-state index contributed by atoms with van der Waals surface area (Å²) in [6.45, 7) is 3.83. The van der Waals surface area contributed by atoms with Gasteiger partial charge in [-0.25, -0.2) is 4.39 Å². The summed E-state index contributed by atoms with van der Waals surface area (Å²) in [4.78, 5) is 4.11. The van der Waals surface area contributed by atoms with Crippen molar-refractivity contribution >= 4 is 0 Å². The Hall–Kier alpha value is -1.95. The van der Waals surface area contributed by atoms with Crippen molar-refractivity contribution < 1.29 is 13.7 Å². The van der Waals surface area contributed by atoms with E-state index >= 15 is 0 Å². The van der Waals surface area contributed by atoms with E-state index in [1.165, 1.54) is 12.1 Å². The number of hydrogen-bond donors (Lipinski definition) is 1. The molecular weight excluding hydrogens is 249 g/mol. The molecule has 0 aliphatic rings. The summed E-state index contributed by atoms with van der Waals surface area (Å²) in [6, 6.07) is 4.02. The summed E-state index contributed by atoms with van der Waals surface area (Å²) in [5, 5.41) is 3.76. The van der Waals surface area contributed by atoms with Crippen molar-refractivity contribution in [2.75, 3.05) is 0 Å². The molecule has 0 unspecified atom stereocenters. The van der Waals surface area contributed by atoms with Crippen molar-refractivity contribution in [1.29, 1.82) is 0 Å². The molecule has 0 aliphatic carbocycles. The highest BCUT2D eigenvalue weighted by Gasteiger charge is 2.11. The second-order valence-electron chi connectivity index (χ2n) is 4.22. The lowest BCUT2D eigenvalue weighted by Gasteiger charge is -2.12. The van der Waals surface area contributed by atoms with E-state index < -0.39 is 0 Å². The Kier molecular flexibility index (Phi) is 4.11. The Bertz CT molecular complexity index is 555. The van der Waals surface area contributed by atoms with Crippen LogP contribution in [0, 0.1) is 5.82 Å². The maximum atomic E-state index is 13.2. The van der Waals surface area contributed by atoms with Crippen LogP contribution in [0.15, 0.2) is 22.7 Å². The molecule has 0 bridgehead atoms. The third-order valence-electron chi connectivity index (χ3n) is 2.64. The van der Waals surface area contributed by atoms with Gasteiger partial charge in [-0.15, -0.1) is 0 Å². The zero-order valence-electron chi connectivity index (χ0n) is 10.9. The number of halogens is 1. The van der Waals surface area contributed by atoms with Crippen LogP contribution in [0.5, 0.6) is 5.75 Å². The minimum atomic E-state index is -0.376. The number of ether oxygens (including phenoxy) is 1. The average Bonchev–Trinajstić information content (AvgIpc) is 2.84. The highest BCUT2D eigenvalue weighted by molar-refractivity contribution is 5.36. The van der Waals surface area contributed by atoms with Gasteiger partial charge < -0.3 is 15.0 Å². The number of benzene rings is 1. The third-order valence-corrected chi connectivity index (χ3v) is 2.64. The first-order valence-corrected chi connectivity index (χ1v) is 6.09. The number of aromatic nitrogens is 2. The average molecular weight is 265 g/mol. The van der Waals surface area contributed by atoms with E-state index in [1.807, 2.05) is 13.8 Å². The molecule has 19 heavy (non-hydrogen) atoms. The minimum absolute atomic E-state index is 0.0934. The van der Waals surface area contributed by atoms with Crippen LogP contribution in [-0.2, 0) is 13.0 Å². The lowest BCUT2D eigenvalue weighted by atomic mass is 10.1. The van der Waals surface area contributed by atoms with E-state index in [-0.39, 0.29) is 18.5 Å². The normalized spacial score (nSPS) is 12.4. The Labute approximate surface area is 110 Å². The SMILES string of the molecule is CCc1noc(COc2cc(F)ccc2[C@@H](C)N)n1. The van der Waals surface area contributed by atoms with Gasteiger partial charge in [-0.05, 0) is 13.0 Å². The van der Waals surface area contributed by atoms with E-state index in [1.54, 1.807) is 6.07 Å². The van der Waals surface area contributed by atoms with Crippen LogP contribution in [0.3, 0.4) is 0 Å². The van der Waals surface area contributed by atoms with Gasteiger partial charge in [0, 0.05) is 24.1 Å². The van der Waals surface area contributed by atoms with Crippen molar-refractivity contribution in [3.63, 3.8) is 0 Å². The van der Waals surface area contributed by atoms with Crippen LogP contribution in [0.2, 0.25) is 0 Å². The third kappa shape index (κ3) is 3.29. The maximum Gasteiger partial charge on any atom is 0.264 e. The molecule has 1 aromatic heterocycles. The molecule has 0 saturated carbocycles. The van der Waals surface area contributed by atoms with Crippen molar-refractivity contribution in [3.05, 3.63) is 41.3 Å². The van der Waals surface area contributed by atoms with E-state index in [0.717, 1.165) is 5.56 Å². The summed E-state index contributed by atoms with van der Waals surface area (Å²) in [5.41, 5.74) is 6.54. The van der Waals surface area contributed by atoms with Gasteiger partial charge in [0.25, 0.3) is 5.89 Å². The fourth-order valence-electron chi connectivity index (χ4n) is 1.64. The molecule has 1 atom stereocenters. The van der Waals surface area contributed by atoms with E-state index in [0.29, 0.717) is 23.9 Å². The Balaban J connectivity index is 2.12.